The largest absolute Gasteiger partial charge is 0.497 e. The van der Waals surface area contributed by atoms with Crippen LogP contribution in [0.4, 0.5) is 11.5 Å². The molecule has 0 fully saturated rings. The Balaban J connectivity index is 2.15. The van der Waals surface area contributed by atoms with Crippen LogP contribution in [0.2, 0.25) is 5.02 Å². The van der Waals surface area contributed by atoms with Gasteiger partial charge in [-0.1, -0.05) is 18.2 Å². The number of ether oxygens (including phenoxy) is 2. The molecule has 0 aliphatic carbocycles. The van der Waals surface area contributed by atoms with Crippen molar-refractivity contribution in [2.45, 2.75) is 6.42 Å². The van der Waals surface area contributed by atoms with Crippen molar-refractivity contribution < 1.29 is 14.6 Å². The van der Waals surface area contributed by atoms with E-state index in [0.29, 0.717) is 57.5 Å². The Morgan fingerprint density at radius 3 is 2.53 bits per heavy atom. The fourth-order valence-electron chi connectivity index (χ4n) is 3.03. The monoisotopic (exact) mass is 426 g/mol. The van der Waals surface area contributed by atoms with Crippen molar-refractivity contribution in [1.29, 1.82) is 5.41 Å². The normalized spacial score (nSPS) is 10.7. The van der Waals surface area contributed by atoms with Gasteiger partial charge in [0.1, 0.15) is 22.8 Å². The zero-order valence-electron chi connectivity index (χ0n) is 16.9. The van der Waals surface area contributed by atoms with Crippen molar-refractivity contribution in [2.75, 3.05) is 32.3 Å². The van der Waals surface area contributed by atoms with Gasteiger partial charge >= 0.3 is 0 Å². The van der Waals surface area contributed by atoms with E-state index in [1.807, 2.05) is 29.2 Å². The molecule has 0 amide bonds. The van der Waals surface area contributed by atoms with E-state index in [0.717, 1.165) is 11.9 Å². The fourth-order valence-corrected chi connectivity index (χ4v) is 3.34. The summed E-state index contributed by atoms with van der Waals surface area (Å²) in [6.07, 6.45) is 3.26. The van der Waals surface area contributed by atoms with Crippen LogP contribution in [0.25, 0.3) is 16.6 Å². The average molecular weight is 427 g/mol. The minimum absolute atomic E-state index is 0.0385. The van der Waals surface area contributed by atoms with Crippen LogP contribution in [0, 0.1) is 5.41 Å². The number of pyridine rings is 2. The van der Waals surface area contributed by atoms with Crippen LogP contribution in [0.5, 0.6) is 11.5 Å². The minimum atomic E-state index is 0.0385. The molecule has 2 aromatic heterocycles. The van der Waals surface area contributed by atoms with E-state index in [9.17, 15) is 5.11 Å². The van der Waals surface area contributed by atoms with E-state index < -0.39 is 0 Å². The van der Waals surface area contributed by atoms with E-state index in [1.165, 1.54) is 0 Å². The zero-order chi connectivity index (χ0) is 21.7. The summed E-state index contributed by atoms with van der Waals surface area (Å²) in [7, 11) is 3.18. The second-order valence-corrected chi connectivity index (χ2v) is 6.87. The van der Waals surface area contributed by atoms with Gasteiger partial charge in [-0.2, -0.15) is 0 Å². The number of aliphatic hydroxyl groups is 1. The Morgan fingerprint density at radius 2 is 1.93 bits per heavy atom. The summed E-state index contributed by atoms with van der Waals surface area (Å²) in [5.41, 5.74) is 2.97. The lowest BCUT2D eigenvalue weighted by Gasteiger charge is -2.25. The van der Waals surface area contributed by atoms with Gasteiger partial charge in [-0.05, 0) is 24.1 Å². The van der Waals surface area contributed by atoms with Gasteiger partial charge < -0.3 is 24.9 Å². The first kappa shape index (κ1) is 21.5. The van der Waals surface area contributed by atoms with E-state index in [4.69, 9.17) is 31.5 Å². The predicted molar refractivity (Wildman–Crippen MR) is 121 cm³/mol. The third-order valence-corrected chi connectivity index (χ3v) is 5.00. The molecule has 2 N–H and O–H groups in total. The Hall–Kier alpha value is -3.16. The third kappa shape index (κ3) is 4.37. The third-order valence-electron chi connectivity index (χ3n) is 4.62. The number of aromatic nitrogens is 2. The van der Waals surface area contributed by atoms with Crippen LogP contribution in [-0.4, -0.2) is 48.7 Å². The Bertz CT molecular complexity index is 1070. The Morgan fingerprint density at radius 1 is 1.23 bits per heavy atom. The number of rotatable bonds is 9. The van der Waals surface area contributed by atoms with Crippen molar-refractivity contribution in [1.82, 2.24) is 9.97 Å². The van der Waals surface area contributed by atoms with Crippen LogP contribution in [0.1, 0.15) is 12.0 Å². The molecule has 30 heavy (non-hydrogen) atoms. The second kappa shape index (κ2) is 9.56. The van der Waals surface area contributed by atoms with Gasteiger partial charge in [-0.3, -0.25) is 4.98 Å². The summed E-state index contributed by atoms with van der Waals surface area (Å²) >= 11 is 6.57. The fraction of sp³-hybridized carbons (Fsp3) is 0.227. The van der Waals surface area contributed by atoms with Gasteiger partial charge in [-0.25, -0.2) is 4.98 Å². The van der Waals surface area contributed by atoms with E-state index in [-0.39, 0.29) is 6.61 Å². The number of halogens is 1. The van der Waals surface area contributed by atoms with Crippen LogP contribution >= 0.6 is 11.6 Å². The number of nitrogens with zero attached hydrogens (tertiary/aromatic N) is 3. The van der Waals surface area contributed by atoms with Gasteiger partial charge in [0.2, 0.25) is 0 Å². The van der Waals surface area contributed by atoms with E-state index >= 15 is 0 Å². The van der Waals surface area contributed by atoms with Crippen molar-refractivity contribution >= 4 is 45.9 Å². The molecule has 0 atom stereocenters. The highest BCUT2D eigenvalue weighted by Crippen LogP contribution is 2.34. The summed E-state index contributed by atoms with van der Waals surface area (Å²) in [5, 5.41) is 17.2. The summed E-state index contributed by atoms with van der Waals surface area (Å²) in [4.78, 5) is 11.1. The minimum Gasteiger partial charge on any atom is -0.497 e. The Labute approximate surface area is 180 Å². The van der Waals surface area contributed by atoms with E-state index in [1.54, 1.807) is 26.5 Å². The standard InChI is InChI=1S/C22H23ClN4O3/c1-14(12-24)18-13-25-19-5-6-20(26-22(19)21(18)23)27(7-4-8-28)15-9-16(29-2)11-17(10-15)30-3/h5-6,9-13,24,28H,1,4,7-8H2,2-3H3. The first-order valence-corrected chi connectivity index (χ1v) is 9.66. The molecule has 2 heterocycles. The SMILES string of the molecule is C=C(C=N)c1cnc2ccc(N(CCCO)c3cc(OC)cc(OC)c3)nc2c1Cl. The van der Waals surface area contributed by atoms with Crippen molar-refractivity contribution in [3.05, 3.63) is 53.7 Å². The zero-order valence-corrected chi connectivity index (χ0v) is 17.6. The topological polar surface area (TPSA) is 91.6 Å². The highest BCUT2D eigenvalue weighted by atomic mass is 35.5. The molecule has 0 radical (unpaired) electrons. The number of benzene rings is 1. The lowest BCUT2D eigenvalue weighted by molar-refractivity contribution is 0.290. The molecule has 0 aliphatic rings. The van der Waals surface area contributed by atoms with Crippen LogP contribution in [0.15, 0.2) is 43.1 Å². The van der Waals surface area contributed by atoms with E-state index in [2.05, 4.69) is 11.6 Å². The molecule has 0 saturated heterocycles. The van der Waals surface area contributed by atoms with Gasteiger partial charge in [0, 0.05) is 55.0 Å². The lowest BCUT2D eigenvalue weighted by atomic mass is 10.1. The molecule has 3 rings (SSSR count). The first-order chi connectivity index (χ1) is 14.5. The maximum atomic E-state index is 9.39. The highest BCUT2D eigenvalue weighted by molar-refractivity contribution is 6.37. The number of nitrogens with one attached hydrogen (secondary N) is 1. The summed E-state index contributed by atoms with van der Waals surface area (Å²) in [5.74, 6) is 1.92. The summed E-state index contributed by atoms with van der Waals surface area (Å²) in [6.45, 7) is 4.39. The predicted octanol–water partition coefficient (Wildman–Crippen LogP) is 4.48. The molecule has 0 aliphatic heterocycles. The maximum Gasteiger partial charge on any atom is 0.133 e. The molecule has 7 nitrogen and oxygen atoms in total. The number of allylic oxidation sites excluding steroid dienone is 1. The number of fused-ring (bicyclic) bond motifs is 1. The molecule has 156 valence electrons. The molecular weight excluding hydrogens is 404 g/mol. The molecule has 0 spiro atoms. The first-order valence-electron chi connectivity index (χ1n) is 9.28. The number of hydrogen-bond acceptors (Lipinski definition) is 7. The van der Waals surface area contributed by atoms with Gasteiger partial charge in [0.05, 0.1) is 24.8 Å². The molecule has 0 bridgehead atoms. The van der Waals surface area contributed by atoms with Crippen LogP contribution < -0.4 is 14.4 Å². The van der Waals surface area contributed by atoms with Crippen LogP contribution in [0.3, 0.4) is 0 Å². The smallest absolute Gasteiger partial charge is 0.133 e. The second-order valence-electron chi connectivity index (χ2n) is 6.49. The molecule has 0 saturated carbocycles. The van der Waals surface area contributed by atoms with Crippen LogP contribution in [-0.2, 0) is 0 Å². The van der Waals surface area contributed by atoms with Gasteiger partial charge in [0.15, 0.2) is 0 Å². The van der Waals surface area contributed by atoms with Crippen molar-refractivity contribution in [3.8, 4) is 11.5 Å². The maximum absolute atomic E-state index is 9.39. The molecule has 1 aromatic carbocycles. The number of anilines is 2. The molecule has 8 heteroatoms. The molecule has 0 unspecified atom stereocenters. The number of hydrogen-bond donors (Lipinski definition) is 2. The van der Waals surface area contributed by atoms with Crippen molar-refractivity contribution in [3.63, 3.8) is 0 Å². The summed E-state index contributed by atoms with van der Waals surface area (Å²) < 4.78 is 10.8. The molecular formula is C22H23ClN4O3. The number of aliphatic hydroxyl groups excluding tert-OH is 1. The summed E-state index contributed by atoms with van der Waals surface area (Å²) in [6, 6.07) is 9.22. The van der Waals surface area contributed by atoms with Crippen molar-refractivity contribution in [2.24, 2.45) is 0 Å². The quantitative estimate of drug-likeness (QED) is 0.490. The molecule has 3 aromatic rings. The van der Waals surface area contributed by atoms with Gasteiger partial charge in [0.25, 0.3) is 0 Å². The number of methoxy groups -OCH3 is 2. The average Bonchev–Trinajstić information content (AvgIpc) is 2.79. The van der Waals surface area contributed by atoms with Gasteiger partial charge in [-0.15, -0.1) is 0 Å². The lowest BCUT2D eigenvalue weighted by Crippen LogP contribution is -2.20. The highest BCUT2D eigenvalue weighted by Gasteiger charge is 2.16. The Kier molecular flexibility index (Phi) is 6.87.